The molecule has 2 aromatic carbocycles. The fourth-order valence-corrected chi connectivity index (χ4v) is 2.59. The maximum atomic E-state index is 13.5. The molecule has 2 aromatic rings. The van der Waals surface area contributed by atoms with E-state index in [9.17, 15) is 18.0 Å². The number of hydrogen-bond acceptors (Lipinski definition) is 1. The zero-order valence-corrected chi connectivity index (χ0v) is 12.4. The second kappa shape index (κ2) is 7.31. The van der Waals surface area contributed by atoms with Crippen molar-refractivity contribution in [1.82, 2.24) is 0 Å². The summed E-state index contributed by atoms with van der Waals surface area (Å²) in [5, 5.41) is 8.61. The number of aryl methyl sites for hydroxylation is 1. The van der Waals surface area contributed by atoms with Gasteiger partial charge < -0.3 is 5.11 Å². The monoisotopic (exact) mass is 322 g/mol. The summed E-state index contributed by atoms with van der Waals surface area (Å²) in [7, 11) is 0. The first-order chi connectivity index (χ1) is 10.9. The molecule has 2 nitrogen and oxygen atoms in total. The molecule has 0 unspecified atom stereocenters. The molecule has 0 aliphatic rings. The molecule has 0 fully saturated rings. The number of alkyl halides is 3. The van der Waals surface area contributed by atoms with Crippen molar-refractivity contribution in [2.75, 3.05) is 0 Å². The fraction of sp³-hybridized carbons (Fsp3) is 0.278. The number of benzene rings is 2. The van der Waals surface area contributed by atoms with E-state index in [0.717, 1.165) is 0 Å². The van der Waals surface area contributed by atoms with Crippen LogP contribution in [0.15, 0.2) is 48.5 Å². The maximum Gasteiger partial charge on any atom is 0.417 e. The highest BCUT2D eigenvalue weighted by Gasteiger charge is 2.36. The SMILES string of the molecule is O=C(O)CCCCc1cccc(-c2ccccc2)c1C(F)(F)F. The zero-order chi connectivity index (χ0) is 16.9. The van der Waals surface area contributed by atoms with Gasteiger partial charge in [-0.05, 0) is 36.0 Å². The molecule has 0 aliphatic carbocycles. The second-order valence-electron chi connectivity index (χ2n) is 5.30. The van der Waals surface area contributed by atoms with Crippen molar-refractivity contribution in [3.8, 4) is 11.1 Å². The number of rotatable bonds is 6. The number of carboxylic acid groups (broad SMARTS) is 1. The molecule has 0 spiro atoms. The van der Waals surface area contributed by atoms with Crippen LogP contribution in [0.5, 0.6) is 0 Å². The minimum atomic E-state index is -4.45. The Balaban J connectivity index is 2.34. The topological polar surface area (TPSA) is 37.3 Å². The summed E-state index contributed by atoms with van der Waals surface area (Å²) in [5.74, 6) is -0.931. The predicted octanol–water partition coefficient (Wildman–Crippen LogP) is 5.17. The molecular weight excluding hydrogens is 305 g/mol. The third-order valence-corrected chi connectivity index (χ3v) is 3.61. The van der Waals surface area contributed by atoms with Gasteiger partial charge in [-0.15, -0.1) is 0 Å². The zero-order valence-electron chi connectivity index (χ0n) is 12.4. The van der Waals surface area contributed by atoms with Gasteiger partial charge in [-0.3, -0.25) is 4.79 Å². The van der Waals surface area contributed by atoms with Crippen LogP contribution < -0.4 is 0 Å². The average Bonchev–Trinajstić information content (AvgIpc) is 2.51. The molecule has 23 heavy (non-hydrogen) atoms. The Morgan fingerprint density at radius 1 is 0.957 bits per heavy atom. The van der Waals surface area contributed by atoms with Crippen LogP contribution in [-0.4, -0.2) is 11.1 Å². The number of carboxylic acids is 1. The lowest BCUT2D eigenvalue weighted by Crippen LogP contribution is -2.11. The van der Waals surface area contributed by atoms with Crippen molar-refractivity contribution in [3.63, 3.8) is 0 Å². The van der Waals surface area contributed by atoms with Crippen LogP contribution >= 0.6 is 0 Å². The van der Waals surface area contributed by atoms with E-state index in [0.29, 0.717) is 18.4 Å². The van der Waals surface area contributed by atoms with Crippen LogP contribution in [0.3, 0.4) is 0 Å². The summed E-state index contributed by atoms with van der Waals surface area (Å²) >= 11 is 0. The number of hydrogen-bond donors (Lipinski definition) is 1. The normalized spacial score (nSPS) is 11.4. The number of aliphatic carboxylic acids is 1. The van der Waals surface area contributed by atoms with Crippen molar-refractivity contribution in [1.29, 1.82) is 0 Å². The Labute approximate surface area is 132 Å². The van der Waals surface area contributed by atoms with Gasteiger partial charge in [-0.25, -0.2) is 0 Å². The molecule has 0 aliphatic heterocycles. The van der Waals surface area contributed by atoms with Crippen molar-refractivity contribution < 1.29 is 23.1 Å². The van der Waals surface area contributed by atoms with Gasteiger partial charge in [0.2, 0.25) is 0 Å². The lowest BCUT2D eigenvalue weighted by atomic mass is 9.92. The number of halogens is 3. The largest absolute Gasteiger partial charge is 0.481 e. The summed E-state index contributed by atoms with van der Waals surface area (Å²) in [5.41, 5.74) is 0.270. The molecule has 122 valence electrons. The Kier molecular flexibility index (Phi) is 5.42. The van der Waals surface area contributed by atoms with E-state index in [-0.39, 0.29) is 24.0 Å². The van der Waals surface area contributed by atoms with Crippen LogP contribution in [0.4, 0.5) is 13.2 Å². The lowest BCUT2D eigenvalue weighted by molar-refractivity contribution is -0.138. The summed E-state index contributed by atoms with van der Waals surface area (Å²) < 4.78 is 40.6. The number of carbonyl (C=O) groups is 1. The van der Waals surface area contributed by atoms with Gasteiger partial charge in [0.25, 0.3) is 0 Å². The Morgan fingerprint density at radius 3 is 2.26 bits per heavy atom. The van der Waals surface area contributed by atoms with Gasteiger partial charge >= 0.3 is 12.1 Å². The fourth-order valence-electron chi connectivity index (χ4n) is 2.59. The van der Waals surface area contributed by atoms with Gasteiger partial charge in [0.05, 0.1) is 5.56 Å². The van der Waals surface area contributed by atoms with E-state index >= 15 is 0 Å². The van der Waals surface area contributed by atoms with Gasteiger partial charge in [-0.1, -0.05) is 48.5 Å². The van der Waals surface area contributed by atoms with Crippen LogP contribution in [0, 0.1) is 0 Å². The van der Waals surface area contributed by atoms with Crippen molar-refractivity contribution in [3.05, 3.63) is 59.7 Å². The van der Waals surface area contributed by atoms with Crippen LogP contribution in [0.1, 0.15) is 30.4 Å². The Bertz CT molecular complexity index is 664. The molecule has 0 aromatic heterocycles. The van der Waals surface area contributed by atoms with Gasteiger partial charge in [-0.2, -0.15) is 13.2 Å². The quantitative estimate of drug-likeness (QED) is 0.745. The van der Waals surface area contributed by atoms with Crippen LogP contribution in [0.2, 0.25) is 0 Å². The first-order valence-corrected chi connectivity index (χ1v) is 7.36. The van der Waals surface area contributed by atoms with E-state index in [1.807, 2.05) is 0 Å². The van der Waals surface area contributed by atoms with Crippen molar-refractivity contribution >= 4 is 5.97 Å². The smallest absolute Gasteiger partial charge is 0.417 e. The molecule has 0 saturated heterocycles. The Morgan fingerprint density at radius 2 is 1.65 bits per heavy atom. The average molecular weight is 322 g/mol. The van der Waals surface area contributed by atoms with Gasteiger partial charge in [0, 0.05) is 6.42 Å². The molecule has 0 bridgehead atoms. The molecule has 0 atom stereocenters. The molecule has 1 N–H and O–H groups in total. The summed E-state index contributed by atoms with van der Waals surface area (Å²) in [4.78, 5) is 10.5. The molecule has 2 rings (SSSR count). The van der Waals surface area contributed by atoms with Crippen molar-refractivity contribution in [2.24, 2.45) is 0 Å². The lowest BCUT2D eigenvalue weighted by Gasteiger charge is -2.17. The van der Waals surface area contributed by atoms with Crippen LogP contribution in [-0.2, 0) is 17.4 Å². The van der Waals surface area contributed by atoms with E-state index in [4.69, 9.17) is 5.11 Å². The second-order valence-corrected chi connectivity index (χ2v) is 5.30. The summed E-state index contributed by atoms with van der Waals surface area (Å²) in [6.45, 7) is 0. The highest BCUT2D eigenvalue weighted by Crippen LogP contribution is 2.39. The van der Waals surface area contributed by atoms with Gasteiger partial charge in [0.15, 0.2) is 0 Å². The minimum Gasteiger partial charge on any atom is -0.481 e. The third kappa shape index (κ3) is 4.58. The molecule has 0 saturated carbocycles. The first kappa shape index (κ1) is 17.1. The first-order valence-electron chi connectivity index (χ1n) is 7.36. The van der Waals surface area contributed by atoms with Gasteiger partial charge in [0.1, 0.15) is 0 Å². The number of unbranched alkanes of at least 4 members (excludes halogenated alkanes) is 1. The highest BCUT2D eigenvalue weighted by atomic mass is 19.4. The van der Waals surface area contributed by atoms with E-state index in [1.54, 1.807) is 36.4 Å². The highest BCUT2D eigenvalue weighted by molar-refractivity contribution is 5.69. The molecule has 0 heterocycles. The van der Waals surface area contributed by atoms with Crippen molar-refractivity contribution in [2.45, 2.75) is 31.9 Å². The molecule has 0 amide bonds. The summed E-state index contributed by atoms with van der Waals surface area (Å²) in [6, 6.07) is 13.0. The standard InChI is InChI=1S/C18H17F3O2/c19-18(20,21)17-14(9-4-5-12-16(22)23)10-6-11-15(17)13-7-2-1-3-8-13/h1-3,6-8,10-11H,4-5,9,12H2,(H,22,23). The minimum absolute atomic E-state index is 0.0280. The van der Waals surface area contributed by atoms with E-state index < -0.39 is 17.7 Å². The molecule has 5 heteroatoms. The van der Waals surface area contributed by atoms with E-state index in [1.165, 1.54) is 12.1 Å². The predicted molar refractivity (Wildman–Crippen MR) is 82.1 cm³/mol. The third-order valence-electron chi connectivity index (χ3n) is 3.61. The maximum absolute atomic E-state index is 13.5. The molecular formula is C18H17F3O2. The van der Waals surface area contributed by atoms with Crippen LogP contribution in [0.25, 0.3) is 11.1 Å². The Hall–Kier alpha value is -2.30. The molecule has 0 radical (unpaired) electrons. The van der Waals surface area contributed by atoms with E-state index in [2.05, 4.69) is 0 Å². The summed E-state index contributed by atoms with van der Waals surface area (Å²) in [6.07, 6.45) is -3.49.